The summed E-state index contributed by atoms with van der Waals surface area (Å²) in [6.45, 7) is 2.60. The third-order valence-electron chi connectivity index (χ3n) is 3.66. The Labute approximate surface area is 97.1 Å². The molecule has 0 bridgehead atoms. The minimum absolute atomic E-state index is 0.218. The van der Waals surface area contributed by atoms with Gasteiger partial charge in [0.2, 0.25) is 10.0 Å². The van der Waals surface area contributed by atoms with Crippen molar-refractivity contribution in [1.82, 2.24) is 9.21 Å². The quantitative estimate of drug-likeness (QED) is 0.714. The molecule has 94 valence electrons. The SMILES string of the molecule is CS(=O)(=O)N1CCN([C@H]2CCC[C@@H]2O)CC1. The van der Waals surface area contributed by atoms with Gasteiger partial charge in [0.05, 0.1) is 12.4 Å². The van der Waals surface area contributed by atoms with Crippen LogP contribution in [-0.4, -0.2) is 67.3 Å². The Kier molecular flexibility index (Phi) is 3.53. The highest BCUT2D eigenvalue weighted by atomic mass is 32.2. The standard InChI is InChI=1S/C10H20N2O3S/c1-16(14,15)12-7-5-11(6-8-12)9-3-2-4-10(9)13/h9-10,13H,2-8H2,1H3/t9-,10-/m0/s1. The molecule has 1 saturated carbocycles. The van der Waals surface area contributed by atoms with Crippen LogP contribution in [-0.2, 0) is 10.0 Å². The van der Waals surface area contributed by atoms with Gasteiger partial charge in [0.15, 0.2) is 0 Å². The largest absolute Gasteiger partial charge is 0.391 e. The number of nitrogens with zero attached hydrogens (tertiary/aromatic N) is 2. The molecule has 1 saturated heterocycles. The number of hydrogen-bond acceptors (Lipinski definition) is 4. The zero-order chi connectivity index (χ0) is 11.8. The van der Waals surface area contributed by atoms with Gasteiger partial charge in [-0.15, -0.1) is 0 Å². The maximum atomic E-state index is 11.3. The fraction of sp³-hybridized carbons (Fsp3) is 1.00. The molecule has 1 aliphatic carbocycles. The second kappa shape index (κ2) is 4.60. The summed E-state index contributed by atoms with van der Waals surface area (Å²) >= 11 is 0. The molecule has 2 fully saturated rings. The van der Waals surface area contributed by atoms with Crippen molar-refractivity contribution in [3.8, 4) is 0 Å². The van der Waals surface area contributed by atoms with Gasteiger partial charge in [0.25, 0.3) is 0 Å². The molecule has 0 spiro atoms. The third-order valence-corrected chi connectivity index (χ3v) is 4.96. The molecule has 5 nitrogen and oxygen atoms in total. The maximum absolute atomic E-state index is 11.3. The molecule has 1 heterocycles. The molecule has 2 rings (SSSR count). The average molecular weight is 248 g/mol. The summed E-state index contributed by atoms with van der Waals surface area (Å²) in [4.78, 5) is 2.24. The molecular weight excluding hydrogens is 228 g/mol. The smallest absolute Gasteiger partial charge is 0.211 e. The Morgan fingerprint density at radius 1 is 1.12 bits per heavy atom. The number of sulfonamides is 1. The molecule has 0 aromatic heterocycles. The van der Waals surface area contributed by atoms with E-state index in [9.17, 15) is 13.5 Å². The predicted octanol–water partition coefficient (Wildman–Crippen LogP) is -0.523. The van der Waals surface area contributed by atoms with E-state index >= 15 is 0 Å². The van der Waals surface area contributed by atoms with Gasteiger partial charge in [-0.25, -0.2) is 8.42 Å². The van der Waals surface area contributed by atoms with E-state index in [1.807, 2.05) is 0 Å². The second-order valence-electron chi connectivity index (χ2n) is 4.76. The van der Waals surface area contributed by atoms with Crippen molar-refractivity contribution in [3.63, 3.8) is 0 Å². The molecule has 0 amide bonds. The lowest BCUT2D eigenvalue weighted by atomic mass is 10.1. The normalized spacial score (nSPS) is 34.4. The molecule has 2 aliphatic rings. The second-order valence-corrected chi connectivity index (χ2v) is 6.75. The van der Waals surface area contributed by atoms with Crippen molar-refractivity contribution in [3.05, 3.63) is 0 Å². The molecule has 16 heavy (non-hydrogen) atoms. The highest BCUT2D eigenvalue weighted by Gasteiger charge is 2.33. The van der Waals surface area contributed by atoms with Crippen LogP contribution < -0.4 is 0 Å². The van der Waals surface area contributed by atoms with Gasteiger partial charge < -0.3 is 5.11 Å². The summed E-state index contributed by atoms with van der Waals surface area (Å²) in [7, 11) is -3.04. The number of aliphatic hydroxyl groups is 1. The lowest BCUT2D eigenvalue weighted by molar-refractivity contribution is 0.0513. The van der Waals surface area contributed by atoms with Crippen molar-refractivity contribution in [2.24, 2.45) is 0 Å². The summed E-state index contributed by atoms with van der Waals surface area (Å²) in [6.07, 6.45) is 4.05. The first-order chi connectivity index (χ1) is 7.48. The van der Waals surface area contributed by atoms with Gasteiger partial charge in [0.1, 0.15) is 0 Å². The minimum atomic E-state index is -3.04. The summed E-state index contributed by atoms with van der Waals surface area (Å²) in [6, 6.07) is 0.252. The molecular formula is C10H20N2O3S. The van der Waals surface area contributed by atoms with E-state index in [-0.39, 0.29) is 12.1 Å². The zero-order valence-electron chi connectivity index (χ0n) is 9.67. The molecule has 0 unspecified atom stereocenters. The summed E-state index contributed by atoms with van der Waals surface area (Å²) in [5.41, 5.74) is 0. The Balaban J connectivity index is 1.90. The number of aliphatic hydroxyl groups excluding tert-OH is 1. The number of hydrogen-bond donors (Lipinski definition) is 1. The number of piperazine rings is 1. The van der Waals surface area contributed by atoms with Crippen LogP contribution in [0.15, 0.2) is 0 Å². The first kappa shape index (κ1) is 12.3. The predicted molar refractivity (Wildman–Crippen MR) is 61.6 cm³/mol. The van der Waals surface area contributed by atoms with Crippen molar-refractivity contribution < 1.29 is 13.5 Å². The Morgan fingerprint density at radius 3 is 2.19 bits per heavy atom. The molecule has 6 heteroatoms. The van der Waals surface area contributed by atoms with E-state index in [0.29, 0.717) is 13.1 Å². The van der Waals surface area contributed by atoms with Gasteiger partial charge in [-0.05, 0) is 19.3 Å². The van der Waals surface area contributed by atoms with Gasteiger partial charge >= 0.3 is 0 Å². The molecule has 2 atom stereocenters. The Hall–Kier alpha value is -0.170. The van der Waals surface area contributed by atoms with E-state index in [4.69, 9.17) is 0 Å². The Bertz CT molecular complexity index is 336. The van der Waals surface area contributed by atoms with Crippen LogP contribution in [0.1, 0.15) is 19.3 Å². The van der Waals surface area contributed by atoms with E-state index in [1.165, 1.54) is 10.6 Å². The molecule has 0 aromatic rings. The maximum Gasteiger partial charge on any atom is 0.211 e. The van der Waals surface area contributed by atoms with Gasteiger partial charge in [-0.1, -0.05) is 0 Å². The van der Waals surface area contributed by atoms with E-state index in [2.05, 4.69) is 4.90 Å². The zero-order valence-corrected chi connectivity index (χ0v) is 10.5. The lowest BCUT2D eigenvalue weighted by Crippen LogP contribution is -2.53. The fourth-order valence-corrected chi connectivity index (χ4v) is 3.54. The van der Waals surface area contributed by atoms with Crippen LogP contribution in [0.2, 0.25) is 0 Å². The van der Waals surface area contributed by atoms with Crippen molar-refractivity contribution >= 4 is 10.0 Å². The van der Waals surface area contributed by atoms with Gasteiger partial charge in [-0.3, -0.25) is 4.90 Å². The van der Waals surface area contributed by atoms with Crippen LogP contribution in [0.25, 0.3) is 0 Å². The first-order valence-corrected chi connectivity index (χ1v) is 7.70. The van der Waals surface area contributed by atoms with Crippen molar-refractivity contribution in [2.75, 3.05) is 32.4 Å². The van der Waals surface area contributed by atoms with Gasteiger partial charge in [-0.2, -0.15) is 4.31 Å². The van der Waals surface area contributed by atoms with E-state index < -0.39 is 10.0 Å². The third kappa shape index (κ3) is 2.56. The average Bonchev–Trinajstić information content (AvgIpc) is 2.63. The lowest BCUT2D eigenvalue weighted by Gasteiger charge is -2.38. The van der Waals surface area contributed by atoms with E-state index in [0.717, 1.165) is 32.4 Å². The van der Waals surface area contributed by atoms with Crippen molar-refractivity contribution in [2.45, 2.75) is 31.4 Å². The van der Waals surface area contributed by atoms with Crippen LogP contribution in [0.3, 0.4) is 0 Å². The fourth-order valence-electron chi connectivity index (χ4n) is 2.71. The van der Waals surface area contributed by atoms with Crippen LogP contribution in [0, 0.1) is 0 Å². The topological polar surface area (TPSA) is 60.9 Å². The first-order valence-electron chi connectivity index (χ1n) is 5.86. The highest BCUT2D eigenvalue weighted by molar-refractivity contribution is 7.88. The highest BCUT2D eigenvalue weighted by Crippen LogP contribution is 2.25. The molecule has 0 aromatic carbocycles. The van der Waals surface area contributed by atoms with Crippen LogP contribution in [0.4, 0.5) is 0 Å². The minimum Gasteiger partial charge on any atom is -0.391 e. The summed E-state index contributed by atoms with van der Waals surface area (Å²) in [5, 5.41) is 9.79. The molecule has 1 N–H and O–H groups in total. The van der Waals surface area contributed by atoms with Crippen molar-refractivity contribution in [1.29, 1.82) is 0 Å². The summed E-state index contributed by atoms with van der Waals surface area (Å²) in [5.74, 6) is 0. The monoisotopic (exact) mass is 248 g/mol. The Morgan fingerprint density at radius 2 is 1.75 bits per heavy atom. The summed E-state index contributed by atoms with van der Waals surface area (Å²) < 4.78 is 24.2. The molecule has 0 radical (unpaired) electrons. The number of rotatable bonds is 2. The van der Waals surface area contributed by atoms with Crippen LogP contribution in [0.5, 0.6) is 0 Å². The van der Waals surface area contributed by atoms with E-state index in [1.54, 1.807) is 0 Å². The van der Waals surface area contributed by atoms with Gasteiger partial charge in [0, 0.05) is 32.2 Å². The molecule has 1 aliphatic heterocycles. The van der Waals surface area contributed by atoms with Crippen LogP contribution >= 0.6 is 0 Å².